The van der Waals surface area contributed by atoms with Gasteiger partial charge in [0.25, 0.3) is 0 Å². The van der Waals surface area contributed by atoms with Crippen LogP contribution in [0.2, 0.25) is 0 Å². The molecule has 0 spiro atoms. The molecule has 32 valence electrons. The maximum absolute atomic E-state index is 9.97. The second-order valence-corrected chi connectivity index (χ2v) is 1.98. The lowest BCUT2D eigenvalue weighted by Gasteiger charge is -1.53. The number of hydrogen-bond acceptors (Lipinski definition) is 2. The Hall–Kier alpha value is -0.0700. The van der Waals surface area contributed by atoms with E-state index in [1.54, 1.807) is 0 Å². The number of rotatable bonds is 2. The fourth-order valence-corrected chi connectivity index (χ4v) is 0.375. The molecule has 6 heavy (non-hydrogen) atoms. The van der Waals surface area contributed by atoms with Gasteiger partial charge in [-0.25, -0.2) is 4.79 Å². The summed E-state index contributed by atoms with van der Waals surface area (Å²) < 4.78 is 0. The summed E-state index contributed by atoms with van der Waals surface area (Å²) in [6.45, 7) is 3.22. The highest BCUT2D eigenvalue weighted by atomic mass is 32.4. The maximum Gasteiger partial charge on any atom is 0.356 e. The Balaban J connectivity index is 3.52. The van der Waals surface area contributed by atoms with Crippen LogP contribution in [-0.2, 0) is 16.6 Å². The van der Waals surface area contributed by atoms with Crippen molar-refractivity contribution in [1.82, 2.24) is 0 Å². The monoisotopic (exact) mass is 119 g/mol. The average molecular weight is 119 g/mol. The molecule has 0 amide bonds. The van der Waals surface area contributed by atoms with Crippen molar-refractivity contribution >= 4 is 24.7 Å². The topological polar surface area (TPSA) is 17.1 Å². The molecule has 1 unspecified atom stereocenters. The predicted molar refractivity (Wildman–Crippen MR) is 30.9 cm³/mol. The second kappa shape index (κ2) is 3.13. The van der Waals surface area contributed by atoms with Crippen molar-refractivity contribution in [2.24, 2.45) is 0 Å². The zero-order chi connectivity index (χ0) is 4.99. The van der Waals surface area contributed by atoms with Gasteiger partial charge < -0.3 is 0 Å². The molecule has 0 saturated carbocycles. The molecule has 3 heteroatoms. The Morgan fingerprint density at radius 1 is 2.00 bits per heavy atom. The summed E-state index contributed by atoms with van der Waals surface area (Å²) in [5.41, 5.74) is -0.0509. The van der Waals surface area contributed by atoms with Gasteiger partial charge >= 0.3 is 5.52 Å². The van der Waals surface area contributed by atoms with Crippen LogP contribution in [0.5, 0.6) is 0 Å². The molecule has 0 fully saturated rings. The molecule has 0 radical (unpaired) electrons. The summed E-state index contributed by atoms with van der Waals surface area (Å²) in [4.78, 5) is 9.97. The fourth-order valence-electron chi connectivity index (χ4n) is 0.0417. The molecule has 1 nitrogen and oxygen atoms in total. The van der Waals surface area contributed by atoms with Crippen molar-refractivity contribution in [2.45, 2.75) is 0 Å². The van der Waals surface area contributed by atoms with Gasteiger partial charge in [0.2, 0.25) is 7.36 Å². The van der Waals surface area contributed by atoms with Gasteiger partial charge in [-0.3, -0.25) is 0 Å². The highest BCUT2D eigenvalue weighted by Gasteiger charge is 1.92. The van der Waals surface area contributed by atoms with Crippen LogP contribution in [0.3, 0.4) is 0 Å². The molecule has 0 aromatic rings. The molecule has 0 aliphatic rings. The number of carbonyl (C=O) groups excluding carboxylic acids is 1. The van der Waals surface area contributed by atoms with Crippen molar-refractivity contribution in [3.05, 3.63) is 12.7 Å². The van der Waals surface area contributed by atoms with Gasteiger partial charge in [0.05, 0.1) is 0 Å². The zero-order valence-corrected chi connectivity index (χ0v) is 4.92. The first kappa shape index (κ1) is 5.93. The Morgan fingerprint density at radius 3 is 2.50 bits per heavy atom. The van der Waals surface area contributed by atoms with Crippen LogP contribution >= 0.6 is 7.36 Å². The van der Waals surface area contributed by atoms with E-state index in [9.17, 15) is 4.79 Å². The molecule has 0 N–H and O–H groups in total. The first-order valence-corrected chi connectivity index (χ1v) is 3.49. The van der Waals surface area contributed by atoms with Gasteiger partial charge in [-0.15, -0.1) is 0 Å². The third kappa shape index (κ3) is 2.18. The smallest absolute Gasteiger partial charge is 0.238 e. The second-order valence-electron chi connectivity index (χ2n) is 0.670. The predicted octanol–water partition coefficient (Wildman–Crippen LogP) is 0.839. The first-order valence-electron chi connectivity index (χ1n) is 1.36. The minimum Gasteiger partial charge on any atom is -0.238 e. The van der Waals surface area contributed by atoms with E-state index in [2.05, 4.69) is 18.4 Å². The van der Waals surface area contributed by atoms with Crippen LogP contribution < -0.4 is 0 Å². The minimum absolute atomic E-state index is 0.0421. The van der Waals surface area contributed by atoms with Gasteiger partial charge in [-0.05, 0) is 0 Å². The van der Waals surface area contributed by atoms with Crippen molar-refractivity contribution in [3.63, 3.8) is 0 Å². The normalized spacial score (nSPS) is 8.00. The number of carbonyl (C=O) groups is 1. The lowest BCUT2D eigenvalue weighted by Crippen LogP contribution is -1.69. The molecule has 0 aliphatic carbocycles. The molecule has 0 rings (SSSR count). The summed E-state index contributed by atoms with van der Waals surface area (Å²) >= 11 is 4.38. The van der Waals surface area contributed by atoms with E-state index in [1.807, 2.05) is 0 Å². The van der Waals surface area contributed by atoms with Gasteiger partial charge in [-0.1, -0.05) is 6.58 Å². The number of allylic oxidation sites excluding steroid dienone is 1. The molecule has 1 atom stereocenters. The van der Waals surface area contributed by atoms with Gasteiger partial charge in [0.15, 0.2) is 11.8 Å². The van der Waals surface area contributed by atoms with E-state index in [1.165, 1.54) is 6.08 Å². The summed E-state index contributed by atoms with van der Waals surface area (Å²) in [5, 5.41) is 0. The molecular weight excluding hydrogens is 115 g/mol. The molecule has 0 aromatic carbocycles. The van der Waals surface area contributed by atoms with E-state index in [0.29, 0.717) is 0 Å². The zero-order valence-electron chi connectivity index (χ0n) is 3.10. The SMILES string of the molecule is C=CC(=O)[PH+]=S. The fraction of sp³-hybridized carbons (Fsp3) is 0. The van der Waals surface area contributed by atoms with Crippen molar-refractivity contribution in [2.75, 3.05) is 0 Å². The van der Waals surface area contributed by atoms with Crippen LogP contribution in [0.25, 0.3) is 0 Å². The Morgan fingerprint density at radius 2 is 2.50 bits per heavy atom. The molecule has 0 aromatic heterocycles. The van der Waals surface area contributed by atoms with Crippen molar-refractivity contribution < 1.29 is 4.79 Å². The molecule has 0 saturated heterocycles. The summed E-state index contributed by atoms with van der Waals surface area (Å²) in [7, 11) is -0.0421. The van der Waals surface area contributed by atoms with Crippen LogP contribution in [-0.4, -0.2) is 5.52 Å². The van der Waals surface area contributed by atoms with E-state index in [-0.39, 0.29) is 12.9 Å². The molecule has 0 heterocycles. The van der Waals surface area contributed by atoms with Gasteiger partial charge in [0.1, 0.15) is 0 Å². The van der Waals surface area contributed by atoms with Gasteiger partial charge in [0, 0.05) is 6.08 Å². The summed E-state index contributed by atoms with van der Waals surface area (Å²) in [5.74, 6) is 0. The van der Waals surface area contributed by atoms with E-state index < -0.39 is 0 Å². The van der Waals surface area contributed by atoms with Crippen molar-refractivity contribution in [3.8, 4) is 0 Å². The first-order chi connectivity index (χ1) is 2.81. The van der Waals surface area contributed by atoms with E-state index >= 15 is 0 Å². The average Bonchev–Trinajstić information content (AvgIpc) is 1.65. The van der Waals surface area contributed by atoms with Crippen LogP contribution in [0, 0.1) is 0 Å². The van der Waals surface area contributed by atoms with Crippen LogP contribution in [0.1, 0.15) is 0 Å². The van der Waals surface area contributed by atoms with Crippen LogP contribution in [0.4, 0.5) is 0 Å². The van der Waals surface area contributed by atoms with E-state index in [0.717, 1.165) is 0 Å². The van der Waals surface area contributed by atoms with Gasteiger partial charge in [-0.2, -0.15) is 0 Å². The molecule has 0 bridgehead atoms. The third-order valence-electron chi connectivity index (χ3n) is 0.286. The molecule has 0 aliphatic heterocycles. The Kier molecular flexibility index (Phi) is 3.10. The Labute approximate surface area is 42.9 Å². The highest BCUT2D eigenvalue weighted by molar-refractivity contribution is 8.03. The Bertz CT molecular complexity index is 78.8. The minimum atomic E-state index is -0.0509. The quantitative estimate of drug-likeness (QED) is 0.395. The largest absolute Gasteiger partial charge is 0.356 e. The van der Waals surface area contributed by atoms with Crippen molar-refractivity contribution in [1.29, 1.82) is 0 Å². The molecular formula is C3H4OPS+. The summed E-state index contributed by atoms with van der Waals surface area (Å²) in [6, 6.07) is 0. The summed E-state index contributed by atoms with van der Waals surface area (Å²) in [6.07, 6.45) is 1.24. The third-order valence-corrected chi connectivity index (χ3v) is 1.29. The van der Waals surface area contributed by atoms with Crippen LogP contribution in [0.15, 0.2) is 12.7 Å². The lowest BCUT2D eigenvalue weighted by molar-refractivity contribution is -0.107. The maximum atomic E-state index is 9.97. The highest BCUT2D eigenvalue weighted by Crippen LogP contribution is 1.91. The number of hydrogen-bond donors (Lipinski definition) is 0. The van der Waals surface area contributed by atoms with E-state index in [4.69, 9.17) is 0 Å². The standard InChI is InChI=1S/C3H3OPS/c1-2-3(4)5-6/h2H,1H2/p+1. The lowest BCUT2D eigenvalue weighted by atomic mass is 10.7.